The first kappa shape index (κ1) is 26.0. The highest BCUT2D eigenvalue weighted by Gasteiger charge is 2.20. The number of aromatic nitrogens is 2. The zero-order valence-electron chi connectivity index (χ0n) is 25.6. The minimum absolute atomic E-state index is 0.999. The predicted octanol–water partition coefficient (Wildman–Crippen LogP) is 12.1. The van der Waals surface area contributed by atoms with Crippen LogP contribution in [0.2, 0.25) is 0 Å². The number of para-hydroxylation sites is 3. The Morgan fingerprint density at radius 2 is 1.02 bits per heavy atom. The summed E-state index contributed by atoms with van der Waals surface area (Å²) in [7, 11) is 0. The van der Waals surface area contributed by atoms with Crippen LogP contribution in [0.1, 0.15) is 0 Å². The van der Waals surface area contributed by atoms with Gasteiger partial charge in [0.25, 0.3) is 0 Å². The molecule has 0 spiro atoms. The summed E-state index contributed by atoms with van der Waals surface area (Å²) in [6.07, 6.45) is 0. The van der Waals surface area contributed by atoms with Crippen molar-refractivity contribution in [2.45, 2.75) is 0 Å². The van der Waals surface area contributed by atoms with Crippen LogP contribution in [0.4, 0.5) is 0 Å². The third-order valence-corrected chi connectivity index (χ3v) is 9.75. The maximum Gasteiger partial charge on any atom is 0.0809 e. The Kier molecular flexibility index (Phi) is 5.61. The number of fused-ring (bicyclic) bond motifs is 10. The van der Waals surface area contributed by atoms with E-state index in [1.165, 1.54) is 65.3 Å². The Morgan fingerprint density at radius 1 is 0.404 bits per heavy atom. The van der Waals surface area contributed by atoms with Crippen LogP contribution in [0.3, 0.4) is 0 Å². The van der Waals surface area contributed by atoms with E-state index in [9.17, 15) is 0 Å². The predicted molar refractivity (Wildman–Crippen MR) is 199 cm³/mol. The molecule has 0 unspecified atom stereocenters. The largest absolute Gasteiger partial charge is 0.309 e. The summed E-state index contributed by atoms with van der Waals surface area (Å²) in [6.45, 7) is 0. The van der Waals surface area contributed by atoms with E-state index in [-0.39, 0.29) is 0 Å². The van der Waals surface area contributed by atoms with Crippen molar-refractivity contribution >= 4 is 65.0 Å². The van der Waals surface area contributed by atoms with Crippen LogP contribution in [0.5, 0.6) is 0 Å². The van der Waals surface area contributed by atoms with Crippen LogP contribution in [-0.4, -0.2) is 9.55 Å². The highest BCUT2D eigenvalue weighted by molar-refractivity contribution is 6.26. The van der Waals surface area contributed by atoms with Crippen molar-refractivity contribution in [2.75, 3.05) is 0 Å². The van der Waals surface area contributed by atoms with Gasteiger partial charge in [-0.05, 0) is 68.4 Å². The number of hydrogen-bond donors (Lipinski definition) is 0. The molecule has 8 aromatic carbocycles. The maximum absolute atomic E-state index is 5.41. The van der Waals surface area contributed by atoms with E-state index in [2.05, 4.69) is 174 Å². The zero-order chi connectivity index (χ0) is 30.9. The molecule has 10 rings (SSSR count). The monoisotopic (exact) mass is 596 g/mol. The molecular formula is C45H28N2. The highest BCUT2D eigenvalue weighted by atomic mass is 15.0. The smallest absolute Gasteiger partial charge is 0.0809 e. The molecule has 0 bridgehead atoms. The molecule has 2 aromatic heterocycles. The molecule has 0 amide bonds. The van der Waals surface area contributed by atoms with Gasteiger partial charge in [-0.3, -0.25) is 0 Å². The van der Waals surface area contributed by atoms with Gasteiger partial charge in [-0.25, -0.2) is 4.98 Å². The fourth-order valence-electron chi connectivity index (χ4n) is 7.65. The van der Waals surface area contributed by atoms with Gasteiger partial charge in [0.05, 0.1) is 22.2 Å². The Bertz CT molecular complexity index is 2830. The lowest BCUT2D eigenvalue weighted by molar-refractivity contribution is 1.19. The van der Waals surface area contributed by atoms with Crippen molar-refractivity contribution in [1.82, 2.24) is 9.55 Å². The second-order valence-corrected chi connectivity index (χ2v) is 12.3. The highest BCUT2D eigenvalue weighted by Crippen LogP contribution is 2.43. The Labute approximate surface area is 271 Å². The Morgan fingerprint density at radius 3 is 1.85 bits per heavy atom. The van der Waals surface area contributed by atoms with Crippen LogP contribution in [0.25, 0.3) is 93.1 Å². The Balaban J connectivity index is 1.28. The third-order valence-electron chi connectivity index (χ3n) is 9.75. The first-order valence-electron chi connectivity index (χ1n) is 16.1. The van der Waals surface area contributed by atoms with E-state index in [1.54, 1.807) is 0 Å². The summed E-state index contributed by atoms with van der Waals surface area (Å²) in [4.78, 5) is 5.41. The fourth-order valence-corrected chi connectivity index (χ4v) is 7.65. The molecule has 0 aliphatic rings. The lowest BCUT2D eigenvalue weighted by Crippen LogP contribution is -1.97. The molecule has 2 heterocycles. The van der Waals surface area contributed by atoms with Gasteiger partial charge in [0.1, 0.15) is 0 Å². The summed E-state index contributed by atoms with van der Waals surface area (Å²) in [6, 6.07) is 61.3. The number of hydrogen-bond acceptors (Lipinski definition) is 1. The molecular weight excluding hydrogens is 569 g/mol. The molecule has 0 saturated heterocycles. The molecule has 0 aliphatic carbocycles. The van der Waals surface area contributed by atoms with Gasteiger partial charge in [-0.2, -0.15) is 0 Å². The summed E-state index contributed by atoms with van der Waals surface area (Å²) in [5.74, 6) is 0. The summed E-state index contributed by atoms with van der Waals surface area (Å²) < 4.78 is 2.42. The third kappa shape index (κ3) is 3.89. The molecule has 0 saturated carbocycles. The van der Waals surface area contributed by atoms with Crippen molar-refractivity contribution < 1.29 is 0 Å². The molecule has 10 aromatic rings. The van der Waals surface area contributed by atoms with Crippen molar-refractivity contribution in [3.63, 3.8) is 0 Å². The van der Waals surface area contributed by atoms with Crippen LogP contribution >= 0.6 is 0 Å². The van der Waals surface area contributed by atoms with E-state index in [0.29, 0.717) is 0 Å². The molecule has 47 heavy (non-hydrogen) atoms. The fraction of sp³-hybridized carbons (Fsp3) is 0. The molecule has 218 valence electrons. The van der Waals surface area contributed by atoms with E-state index >= 15 is 0 Å². The number of nitrogens with zero attached hydrogens (tertiary/aromatic N) is 2. The quantitative estimate of drug-likeness (QED) is 0.186. The van der Waals surface area contributed by atoms with E-state index in [0.717, 1.165) is 27.8 Å². The van der Waals surface area contributed by atoms with Crippen molar-refractivity contribution in [2.24, 2.45) is 0 Å². The number of benzene rings is 8. The molecule has 0 fully saturated rings. The van der Waals surface area contributed by atoms with Crippen LogP contribution < -0.4 is 0 Å². The van der Waals surface area contributed by atoms with Crippen molar-refractivity contribution in [3.8, 4) is 28.1 Å². The lowest BCUT2D eigenvalue weighted by atomic mass is 9.92. The average molecular weight is 597 g/mol. The van der Waals surface area contributed by atoms with E-state index < -0.39 is 0 Å². The zero-order valence-corrected chi connectivity index (χ0v) is 25.6. The second kappa shape index (κ2) is 10.1. The first-order chi connectivity index (χ1) is 23.3. The summed E-state index contributed by atoms with van der Waals surface area (Å²) >= 11 is 0. The van der Waals surface area contributed by atoms with Crippen molar-refractivity contribution in [3.05, 3.63) is 170 Å². The van der Waals surface area contributed by atoms with E-state index in [4.69, 9.17) is 4.98 Å². The topological polar surface area (TPSA) is 17.8 Å². The van der Waals surface area contributed by atoms with Gasteiger partial charge in [-0.1, -0.05) is 140 Å². The van der Waals surface area contributed by atoms with Crippen LogP contribution in [0.15, 0.2) is 170 Å². The van der Waals surface area contributed by atoms with Gasteiger partial charge in [-0.15, -0.1) is 0 Å². The van der Waals surface area contributed by atoms with Crippen LogP contribution in [-0.2, 0) is 0 Å². The van der Waals surface area contributed by atoms with Gasteiger partial charge in [0, 0.05) is 32.8 Å². The molecule has 0 atom stereocenters. The maximum atomic E-state index is 5.41. The second-order valence-electron chi connectivity index (χ2n) is 12.3. The normalized spacial score (nSPS) is 11.8. The number of rotatable bonds is 3. The average Bonchev–Trinajstić information content (AvgIpc) is 3.49. The SMILES string of the molecule is c1ccc(-n2c3ccccc3c3ccc4c5ccccc5nc(-c5ccc(-c6cc7ccccc7c7ccccc67)cc5)c4c32)cc1. The van der Waals surface area contributed by atoms with Crippen molar-refractivity contribution in [1.29, 1.82) is 0 Å². The lowest BCUT2D eigenvalue weighted by Gasteiger charge is -2.15. The number of pyridine rings is 1. The minimum atomic E-state index is 0.999. The molecule has 0 aliphatic heterocycles. The molecule has 0 N–H and O–H groups in total. The van der Waals surface area contributed by atoms with Gasteiger partial charge < -0.3 is 4.57 Å². The van der Waals surface area contributed by atoms with Gasteiger partial charge in [0.2, 0.25) is 0 Å². The molecule has 2 nitrogen and oxygen atoms in total. The summed E-state index contributed by atoms with van der Waals surface area (Å²) in [5.41, 5.74) is 9.07. The standard InChI is InChI=1S/C45H28N2/c1-2-13-32(14-3-1)47-42-21-11-9-19-37(42)39-27-26-38-36-18-8-10-20-41(36)46-44(43(38)45(39)47)30-24-22-29(23-25-30)40-28-31-12-4-5-15-33(31)34-16-6-7-17-35(34)40/h1-28H. The minimum Gasteiger partial charge on any atom is -0.309 e. The van der Waals surface area contributed by atoms with Gasteiger partial charge >= 0.3 is 0 Å². The van der Waals surface area contributed by atoms with Gasteiger partial charge in [0.15, 0.2) is 0 Å². The van der Waals surface area contributed by atoms with E-state index in [1.807, 2.05) is 0 Å². The summed E-state index contributed by atoms with van der Waals surface area (Å²) in [5, 5.41) is 11.1. The molecule has 0 radical (unpaired) electrons. The first-order valence-corrected chi connectivity index (χ1v) is 16.1. The molecule has 2 heteroatoms. The Hall–Kier alpha value is -6.25. The van der Waals surface area contributed by atoms with Crippen LogP contribution in [0, 0.1) is 0 Å².